The highest BCUT2D eigenvalue weighted by atomic mass is 35.5. The molecule has 1 aromatic carbocycles. The van der Waals surface area contributed by atoms with Crippen LogP contribution in [0, 0.1) is 5.82 Å². The third-order valence-corrected chi connectivity index (χ3v) is 6.33. The topological polar surface area (TPSA) is 78.1 Å². The molecule has 8 nitrogen and oxygen atoms in total. The average molecular weight is 463 g/mol. The normalized spacial score (nSPS) is 19.9. The van der Waals surface area contributed by atoms with Gasteiger partial charge in [0.25, 0.3) is 5.56 Å². The van der Waals surface area contributed by atoms with Gasteiger partial charge < -0.3 is 9.64 Å². The molecule has 11 heteroatoms. The molecule has 2 fully saturated rings. The van der Waals surface area contributed by atoms with Gasteiger partial charge in [-0.15, -0.1) is 5.10 Å². The zero-order valence-electron chi connectivity index (χ0n) is 17.3. The minimum absolute atomic E-state index is 0.0744. The molecule has 0 radical (unpaired) electrons. The highest BCUT2D eigenvalue weighted by Gasteiger charge is 2.47. The number of alkyl halides is 1. The average Bonchev–Trinajstić information content (AvgIpc) is 3.09. The zero-order chi connectivity index (χ0) is 22.5. The van der Waals surface area contributed by atoms with Gasteiger partial charge in [0.2, 0.25) is 0 Å². The third-order valence-electron chi connectivity index (χ3n) is 6.09. The Labute approximate surface area is 187 Å². The van der Waals surface area contributed by atoms with Crippen LogP contribution in [0.1, 0.15) is 18.5 Å². The second-order valence-electron chi connectivity index (χ2n) is 8.33. The molecule has 2 aromatic heterocycles. The van der Waals surface area contributed by atoms with E-state index in [0.717, 1.165) is 0 Å². The number of aryl methyl sites for hydroxylation is 1. The van der Waals surface area contributed by atoms with E-state index in [2.05, 4.69) is 15.4 Å². The van der Waals surface area contributed by atoms with Crippen LogP contribution in [0.5, 0.6) is 0 Å². The molecule has 2 aliphatic heterocycles. The smallest absolute Gasteiger partial charge is 0.269 e. The molecule has 2 aliphatic rings. The van der Waals surface area contributed by atoms with Gasteiger partial charge in [-0.05, 0) is 31.0 Å². The summed E-state index contributed by atoms with van der Waals surface area (Å²) >= 11 is 5.85. The number of hydrogen-bond donors (Lipinski definition) is 0. The summed E-state index contributed by atoms with van der Waals surface area (Å²) in [6.45, 7) is 1.42. The van der Waals surface area contributed by atoms with Crippen LogP contribution in [0.15, 0.2) is 35.3 Å². The second-order valence-corrected chi connectivity index (χ2v) is 8.76. The molecule has 4 heterocycles. The van der Waals surface area contributed by atoms with Gasteiger partial charge in [-0.2, -0.15) is 5.10 Å². The fraction of sp³-hybridized carbons (Fsp3) is 0.429. The summed E-state index contributed by atoms with van der Waals surface area (Å²) in [5, 5.41) is 12.6. The first-order valence-electron chi connectivity index (χ1n) is 10.3. The van der Waals surface area contributed by atoms with Crippen LogP contribution in [0.25, 0.3) is 11.3 Å². The Bertz CT molecular complexity index is 1210. The van der Waals surface area contributed by atoms with E-state index in [1.54, 1.807) is 19.3 Å². The molecule has 0 bridgehead atoms. The van der Waals surface area contributed by atoms with Gasteiger partial charge >= 0.3 is 0 Å². The Balaban J connectivity index is 1.35. The molecule has 1 spiro atoms. The fourth-order valence-corrected chi connectivity index (χ4v) is 4.38. The first kappa shape index (κ1) is 21.0. The maximum absolute atomic E-state index is 14.4. The molecule has 168 valence electrons. The first-order chi connectivity index (χ1) is 15.3. The van der Waals surface area contributed by atoms with E-state index >= 15 is 0 Å². The number of benzene rings is 1. The first-order valence-corrected chi connectivity index (χ1v) is 10.7. The van der Waals surface area contributed by atoms with Crippen LogP contribution in [0.3, 0.4) is 0 Å². The number of aromatic nitrogens is 5. The summed E-state index contributed by atoms with van der Waals surface area (Å²) in [5.74, 6) is -0.523. The lowest BCUT2D eigenvalue weighted by atomic mass is 9.85. The number of hydrogen-bond acceptors (Lipinski definition) is 6. The Morgan fingerprint density at radius 3 is 2.81 bits per heavy atom. The van der Waals surface area contributed by atoms with Crippen LogP contribution < -0.4 is 10.5 Å². The van der Waals surface area contributed by atoms with E-state index in [9.17, 15) is 13.6 Å². The second kappa shape index (κ2) is 7.93. The van der Waals surface area contributed by atoms with Gasteiger partial charge in [-0.3, -0.25) is 4.79 Å². The minimum atomic E-state index is -0.895. The molecule has 0 aliphatic carbocycles. The molecular formula is C21H21ClF2N6O2. The maximum atomic E-state index is 14.4. The highest BCUT2D eigenvalue weighted by molar-refractivity contribution is 6.30. The number of halogens is 3. The molecule has 0 amide bonds. The Morgan fingerprint density at radius 1 is 1.31 bits per heavy atom. The van der Waals surface area contributed by atoms with Crippen LogP contribution in [0.2, 0.25) is 5.02 Å². The van der Waals surface area contributed by atoms with E-state index in [-0.39, 0.29) is 34.9 Å². The van der Waals surface area contributed by atoms with Gasteiger partial charge in [0.05, 0.1) is 30.7 Å². The quantitative estimate of drug-likeness (QED) is 0.593. The number of rotatable bonds is 4. The van der Waals surface area contributed by atoms with Crippen molar-refractivity contribution in [3.63, 3.8) is 0 Å². The molecule has 0 N–H and O–H groups in total. The molecule has 0 unspecified atom stereocenters. The lowest BCUT2D eigenvalue weighted by Gasteiger charge is -2.52. The van der Waals surface area contributed by atoms with Gasteiger partial charge in [-0.25, -0.2) is 18.1 Å². The Morgan fingerprint density at radius 2 is 2.12 bits per heavy atom. The Hall–Kier alpha value is -2.85. The largest absolute Gasteiger partial charge is 0.368 e. The standard InChI is InChI=1S/C21H21ClF2N6O2/c1-28-18(20(26-27-28)16-3-2-13(22)6-17(16)24)9-30-19(31)7-15(8-25-30)29-11-21(12-29)5-4-14(23)10-32-21/h2-3,6-8,14H,4-5,9-12H2,1H3/t14-/m0/s1. The molecule has 0 saturated carbocycles. The van der Waals surface area contributed by atoms with Crippen molar-refractivity contribution in [3.05, 3.63) is 57.3 Å². The van der Waals surface area contributed by atoms with E-state index in [1.807, 2.05) is 4.90 Å². The summed E-state index contributed by atoms with van der Waals surface area (Å²) in [5.41, 5.74) is 1.17. The molecule has 32 heavy (non-hydrogen) atoms. The number of ether oxygens (including phenoxy) is 1. The summed E-state index contributed by atoms with van der Waals surface area (Å²) in [7, 11) is 1.67. The predicted molar refractivity (Wildman–Crippen MR) is 114 cm³/mol. The van der Waals surface area contributed by atoms with Crippen molar-refractivity contribution < 1.29 is 13.5 Å². The summed E-state index contributed by atoms with van der Waals surface area (Å²) in [6, 6.07) is 5.81. The molecular weight excluding hydrogens is 442 g/mol. The van der Waals surface area contributed by atoms with E-state index in [1.165, 1.54) is 27.6 Å². The monoisotopic (exact) mass is 462 g/mol. The van der Waals surface area contributed by atoms with E-state index in [0.29, 0.717) is 43.0 Å². The SMILES string of the molecule is Cn1nnc(-c2ccc(Cl)cc2F)c1Cn1ncc(N2CC3(CC[C@H](F)CO3)C2)cc1=O. The Kier molecular flexibility index (Phi) is 5.21. The van der Waals surface area contributed by atoms with Crippen molar-refractivity contribution in [2.45, 2.75) is 31.2 Å². The molecule has 2 saturated heterocycles. The van der Waals surface area contributed by atoms with Gasteiger partial charge in [0.15, 0.2) is 0 Å². The van der Waals surface area contributed by atoms with Crippen molar-refractivity contribution in [3.8, 4) is 11.3 Å². The highest BCUT2D eigenvalue weighted by Crippen LogP contribution is 2.37. The van der Waals surface area contributed by atoms with Crippen molar-refractivity contribution in [1.82, 2.24) is 24.8 Å². The molecule has 1 atom stereocenters. The zero-order valence-corrected chi connectivity index (χ0v) is 18.1. The molecule has 3 aromatic rings. The lowest BCUT2D eigenvalue weighted by molar-refractivity contribution is -0.120. The van der Waals surface area contributed by atoms with Crippen LogP contribution in [0.4, 0.5) is 14.5 Å². The fourth-order valence-electron chi connectivity index (χ4n) is 4.23. The summed E-state index contributed by atoms with van der Waals surface area (Å²) in [4.78, 5) is 14.7. The van der Waals surface area contributed by atoms with Crippen LogP contribution in [-0.4, -0.2) is 56.2 Å². The van der Waals surface area contributed by atoms with Gasteiger partial charge in [-0.1, -0.05) is 16.8 Å². The van der Waals surface area contributed by atoms with Crippen LogP contribution >= 0.6 is 11.6 Å². The lowest BCUT2D eigenvalue weighted by Crippen LogP contribution is -2.65. The van der Waals surface area contributed by atoms with Crippen molar-refractivity contribution in [2.24, 2.45) is 7.05 Å². The van der Waals surface area contributed by atoms with Crippen molar-refractivity contribution in [2.75, 3.05) is 24.6 Å². The number of anilines is 1. The summed E-state index contributed by atoms with van der Waals surface area (Å²) < 4.78 is 36.2. The van der Waals surface area contributed by atoms with Crippen LogP contribution in [-0.2, 0) is 18.3 Å². The van der Waals surface area contributed by atoms with E-state index < -0.39 is 12.0 Å². The van der Waals surface area contributed by atoms with Gasteiger partial charge in [0, 0.05) is 36.8 Å². The third kappa shape index (κ3) is 3.77. The predicted octanol–water partition coefficient (Wildman–Crippen LogP) is 2.59. The van der Waals surface area contributed by atoms with Crippen molar-refractivity contribution in [1.29, 1.82) is 0 Å². The van der Waals surface area contributed by atoms with Gasteiger partial charge in [0.1, 0.15) is 23.3 Å². The minimum Gasteiger partial charge on any atom is -0.368 e. The summed E-state index contributed by atoms with van der Waals surface area (Å²) in [6.07, 6.45) is 1.89. The van der Waals surface area contributed by atoms with E-state index in [4.69, 9.17) is 16.3 Å². The van der Waals surface area contributed by atoms with Crippen molar-refractivity contribution >= 4 is 17.3 Å². The molecule has 5 rings (SSSR count). The number of nitrogens with zero attached hydrogens (tertiary/aromatic N) is 6. The maximum Gasteiger partial charge on any atom is 0.269 e.